The molecule has 0 radical (unpaired) electrons. The van der Waals surface area contributed by atoms with Crippen LogP contribution in [0.15, 0.2) is 18.2 Å². The Hall–Kier alpha value is -1.00. The van der Waals surface area contributed by atoms with Crippen molar-refractivity contribution in [3.63, 3.8) is 0 Å². The van der Waals surface area contributed by atoms with Gasteiger partial charge in [-0.2, -0.15) is 0 Å². The maximum Gasteiger partial charge on any atom is 0.159 e. The highest BCUT2D eigenvalue weighted by Crippen LogP contribution is 2.24. The molecule has 0 bridgehead atoms. The molecule has 16 heavy (non-hydrogen) atoms. The number of hydrogen-bond donors (Lipinski definition) is 0. The molecule has 1 aromatic carbocycles. The highest BCUT2D eigenvalue weighted by Gasteiger charge is 2.24. The summed E-state index contributed by atoms with van der Waals surface area (Å²) >= 11 is 0. The van der Waals surface area contributed by atoms with Crippen LogP contribution in [-0.4, -0.2) is 43.5 Å². The third-order valence-electron chi connectivity index (χ3n) is 3.18. The molecule has 2 nitrogen and oxygen atoms in total. The van der Waals surface area contributed by atoms with Crippen LogP contribution in [0.2, 0.25) is 0 Å². The van der Waals surface area contributed by atoms with Gasteiger partial charge in [0, 0.05) is 25.7 Å². The average Bonchev–Trinajstić information content (AvgIpc) is 2.26. The van der Waals surface area contributed by atoms with Crippen molar-refractivity contribution in [3.8, 4) is 0 Å². The molecule has 4 heteroatoms. The van der Waals surface area contributed by atoms with E-state index in [1.54, 1.807) is 6.07 Å². The maximum absolute atomic E-state index is 13.2. The Bertz CT molecular complexity index is 381. The second-order valence-corrected chi connectivity index (χ2v) is 4.43. The van der Waals surface area contributed by atoms with Crippen LogP contribution in [-0.2, 0) is 0 Å². The molecular weight excluding hydrogens is 210 g/mol. The number of likely N-dealkylation sites (N-methyl/N-ethyl adjacent to an activating group) is 2. The first kappa shape index (κ1) is 11.5. The van der Waals surface area contributed by atoms with E-state index in [0.29, 0.717) is 0 Å². The van der Waals surface area contributed by atoms with Crippen molar-refractivity contribution in [2.75, 3.05) is 33.7 Å². The lowest BCUT2D eigenvalue weighted by atomic mass is 10.0. The molecule has 0 N–H and O–H groups in total. The molecule has 1 heterocycles. The Morgan fingerprint density at radius 1 is 1.12 bits per heavy atom. The standard InChI is InChI=1S/C12H16F2N2/c1-15-5-6-16(2)12(8-15)9-3-4-10(13)11(14)7-9/h3-4,7,12H,5-6,8H2,1-2H3. The zero-order valence-electron chi connectivity index (χ0n) is 9.58. The summed E-state index contributed by atoms with van der Waals surface area (Å²) in [5.74, 6) is -1.55. The van der Waals surface area contributed by atoms with Crippen molar-refractivity contribution in [1.29, 1.82) is 0 Å². The number of benzene rings is 1. The van der Waals surface area contributed by atoms with Gasteiger partial charge in [0.25, 0.3) is 0 Å². The molecule has 0 aromatic heterocycles. The van der Waals surface area contributed by atoms with Crippen LogP contribution in [0.4, 0.5) is 8.78 Å². The molecule has 0 saturated carbocycles. The monoisotopic (exact) mass is 226 g/mol. The third-order valence-corrected chi connectivity index (χ3v) is 3.18. The first-order valence-corrected chi connectivity index (χ1v) is 5.41. The molecule has 2 rings (SSSR count). The van der Waals surface area contributed by atoms with Gasteiger partial charge in [0.15, 0.2) is 11.6 Å². The maximum atomic E-state index is 13.2. The summed E-state index contributed by atoms with van der Waals surface area (Å²) in [6, 6.07) is 4.32. The van der Waals surface area contributed by atoms with E-state index < -0.39 is 11.6 Å². The predicted molar refractivity (Wildman–Crippen MR) is 59.2 cm³/mol. The van der Waals surface area contributed by atoms with E-state index in [4.69, 9.17) is 0 Å². The highest BCUT2D eigenvalue weighted by atomic mass is 19.2. The van der Waals surface area contributed by atoms with Gasteiger partial charge in [-0.15, -0.1) is 0 Å². The van der Waals surface area contributed by atoms with Crippen molar-refractivity contribution in [3.05, 3.63) is 35.4 Å². The van der Waals surface area contributed by atoms with Crippen LogP contribution < -0.4 is 0 Å². The second-order valence-electron chi connectivity index (χ2n) is 4.43. The van der Waals surface area contributed by atoms with Gasteiger partial charge in [0.2, 0.25) is 0 Å². The first-order chi connectivity index (χ1) is 7.58. The van der Waals surface area contributed by atoms with Crippen molar-refractivity contribution in [2.45, 2.75) is 6.04 Å². The van der Waals surface area contributed by atoms with Crippen LogP contribution >= 0.6 is 0 Å². The molecule has 1 fully saturated rings. The number of piperazine rings is 1. The predicted octanol–water partition coefficient (Wildman–Crippen LogP) is 1.88. The minimum absolute atomic E-state index is 0.147. The fourth-order valence-electron chi connectivity index (χ4n) is 2.09. The number of rotatable bonds is 1. The largest absolute Gasteiger partial charge is 0.303 e. The lowest BCUT2D eigenvalue weighted by molar-refractivity contribution is 0.115. The molecule has 1 aliphatic rings. The van der Waals surface area contributed by atoms with Crippen molar-refractivity contribution in [2.24, 2.45) is 0 Å². The summed E-state index contributed by atoms with van der Waals surface area (Å²) in [6.07, 6.45) is 0. The molecule has 0 amide bonds. The quantitative estimate of drug-likeness (QED) is 0.721. The van der Waals surface area contributed by atoms with Crippen LogP contribution in [0.25, 0.3) is 0 Å². The summed E-state index contributed by atoms with van der Waals surface area (Å²) in [5.41, 5.74) is 0.841. The molecule has 1 unspecified atom stereocenters. The zero-order valence-corrected chi connectivity index (χ0v) is 9.58. The van der Waals surface area contributed by atoms with Gasteiger partial charge in [0.05, 0.1) is 0 Å². The smallest absolute Gasteiger partial charge is 0.159 e. The van der Waals surface area contributed by atoms with Crippen LogP contribution in [0.5, 0.6) is 0 Å². The van der Waals surface area contributed by atoms with Gasteiger partial charge >= 0.3 is 0 Å². The first-order valence-electron chi connectivity index (χ1n) is 5.41. The van der Waals surface area contributed by atoms with Crippen LogP contribution in [0.1, 0.15) is 11.6 Å². The van der Waals surface area contributed by atoms with E-state index >= 15 is 0 Å². The highest BCUT2D eigenvalue weighted by molar-refractivity contribution is 5.22. The lowest BCUT2D eigenvalue weighted by Gasteiger charge is -2.38. The lowest BCUT2D eigenvalue weighted by Crippen LogP contribution is -2.44. The summed E-state index contributed by atoms with van der Waals surface area (Å²) < 4.78 is 26.0. The SMILES string of the molecule is CN1CCN(C)C(c2ccc(F)c(F)c2)C1. The molecule has 1 aromatic rings. The average molecular weight is 226 g/mol. The normalized spacial score (nSPS) is 23.6. The van der Waals surface area contributed by atoms with Gasteiger partial charge in [-0.25, -0.2) is 8.78 Å². The molecule has 1 aliphatic heterocycles. The molecule has 0 spiro atoms. The molecule has 88 valence electrons. The van der Waals surface area contributed by atoms with Crippen LogP contribution in [0, 0.1) is 11.6 Å². The van der Waals surface area contributed by atoms with Crippen molar-refractivity contribution >= 4 is 0 Å². The number of nitrogens with zero attached hydrogens (tertiary/aromatic N) is 2. The Morgan fingerprint density at radius 3 is 2.56 bits per heavy atom. The summed E-state index contributed by atoms with van der Waals surface area (Å²) in [5, 5.41) is 0. The van der Waals surface area contributed by atoms with E-state index in [9.17, 15) is 8.78 Å². The van der Waals surface area contributed by atoms with Gasteiger partial charge in [-0.3, -0.25) is 4.90 Å². The summed E-state index contributed by atoms with van der Waals surface area (Å²) in [7, 11) is 4.05. The van der Waals surface area contributed by atoms with E-state index in [-0.39, 0.29) is 6.04 Å². The van der Waals surface area contributed by atoms with Gasteiger partial charge < -0.3 is 4.90 Å². The topological polar surface area (TPSA) is 6.48 Å². The molecular formula is C12H16F2N2. The van der Waals surface area contributed by atoms with Gasteiger partial charge in [-0.05, 0) is 31.8 Å². The Morgan fingerprint density at radius 2 is 1.88 bits per heavy atom. The Kier molecular flexibility index (Phi) is 3.21. The fraction of sp³-hybridized carbons (Fsp3) is 0.500. The van der Waals surface area contributed by atoms with E-state index in [1.165, 1.54) is 12.1 Å². The Balaban J connectivity index is 2.24. The van der Waals surface area contributed by atoms with E-state index in [0.717, 1.165) is 25.2 Å². The molecule has 1 atom stereocenters. The van der Waals surface area contributed by atoms with Crippen molar-refractivity contribution < 1.29 is 8.78 Å². The Labute approximate surface area is 94.5 Å². The van der Waals surface area contributed by atoms with Crippen molar-refractivity contribution in [1.82, 2.24) is 9.80 Å². The summed E-state index contributed by atoms with van der Waals surface area (Å²) in [6.45, 7) is 2.80. The third kappa shape index (κ3) is 2.23. The second kappa shape index (κ2) is 4.47. The van der Waals surface area contributed by atoms with E-state index in [1.807, 2.05) is 14.1 Å². The zero-order chi connectivity index (χ0) is 11.7. The number of halogens is 2. The minimum Gasteiger partial charge on any atom is -0.303 e. The van der Waals surface area contributed by atoms with Crippen LogP contribution in [0.3, 0.4) is 0 Å². The minimum atomic E-state index is -0.782. The fourth-order valence-corrected chi connectivity index (χ4v) is 2.09. The number of hydrogen-bond acceptors (Lipinski definition) is 2. The van der Waals surface area contributed by atoms with Gasteiger partial charge in [-0.1, -0.05) is 6.07 Å². The van der Waals surface area contributed by atoms with E-state index in [2.05, 4.69) is 9.80 Å². The molecule has 0 aliphatic carbocycles. The summed E-state index contributed by atoms with van der Waals surface area (Å²) in [4.78, 5) is 4.37. The molecule has 1 saturated heterocycles. The van der Waals surface area contributed by atoms with Gasteiger partial charge in [0.1, 0.15) is 0 Å².